The summed E-state index contributed by atoms with van der Waals surface area (Å²) >= 11 is 0.596. The van der Waals surface area contributed by atoms with Crippen molar-refractivity contribution >= 4 is 31.4 Å². The molecule has 23 heavy (non-hydrogen) atoms. The monoisotopic (exact) mass is 376 g/mol. The summed E-state index contributed by atoms with van der Waals surface area (Å²) in [5.41, 5.74) is 2.09. The minimum Gasteiger partial charge on any atom is -0.239 e. The molecule has 2 rings (SSSR count). The van der Waals surface area contributed by atoms with Crippen molar-refractivity contribution in [1.82, 2.24) is 9.78 Å². The summed E-state index contributed by atoms with van der Waals surface area (Å²) in [6.07, 6.45) is 0. The summed E-state index contributed by atoms with van der Waals surface area (Å²) < 4.78 is 52.2. The molecule has 0 bridgehead atoms. The third-order valence-corrected chi connectivity index (χ3v) is 6.99. The first-order valence-electron chi connectivity index (χ1n) is 6.37. The van der Waals surface area contributed by atoms with E-state index in [1.54, 1.807) is 26.0 Å². The number of nitrogens with two attached hydrogens (primary N) is 1. The van der Waals surface area contributed by atoms with Gasteiger partial charge in [-0.15, -0.1) is 9.50 Å². The van der Waals surface area contributed by atoms with E-state index in [1.807, 2.05) is 6.92 Å². The molecule has 2 N–H and O–H groups in total. The van der Waals surface area contributed by atoms with E-state index in [2.05, 4.69) is 9.50 Å². The van der Waals surface area contributed by atoms with Gasteiger partial charge in [0.1, 0.15) is 0 Å². The second-order valence-corrected chi connectivity index (χ2v) is 9.35. The zero-order valence-corrected chi connectivity index (χ0v) is 15.4. The Bertz CT molecular complexity index is 1020. The molecule has 0 spiro atoms. The molecule has 1 heterocycles. The van der Waals surface area contributed by atoms with Crippen LogP contribution >= 0.6 is 11.3 Å². The van der Waals surface area contributed by atoms with Crippen molar-refractivity contribution in [3.63, 3.8) is 0 Å². The number of rotatable bonds is 3. The smallest absolute Gasteiger partial charge is 0.239 e. The Morgan fingerprint density at radius 1 is 1.13 bits per heavy atom. The standard InChI is InChI=1S/C12H16N4O4S3/c1-7-5-8(2)10(9(3)6-7)23(19,20)15-11-16(4)14-12(21-11)22(13,17)18/h5-6H,1-4H3,(H2,13,17,18)/b15-11-. The van der Waals surface area contributed by atoms with Crippen molar-refractivity contribution < 1.29 is 16.8 Å². The minimum atomic E-state index is -4.01. The Labute approximate surface area is 138 Å². The summed E-state index contributed by atoms with van der Waals surface area (Å²) in [4.78, 5) is 0.0297. The number of aromatic nitrogens is 2. The Morgan fingerprint density at radius 2 is 1.65 bits per heavy atom. The van der Waals surface area contributed by atoms with Gasteiger partial charge in [0.2, 0.25) is 9.14 Å². The molecule has 0 atom stereocenters. The highest BCUT2D eigenvalue weighted by Gasteiger charge is 2.21. The van der Waals surface area contributed by atoms with E-state index in [1.165, 1.54) is 7.05 Å². The van der Waals surface area contributed by atoms with Gasteiger partial charge >= 0.3 is 0 Å². The van der Waals surface area contributed by atoms with Crippen LogP contribution < -0.4 is 9.94 Å². The van der Waals surface area contributed by atoms with Crippen molar-refractivity contribution in [2.45, 2.75) is 30.0 Å². The lowest BCUT2D eigenvalue weighted by atomic mass is 10.1. The highest BCUT2D eigenvalue weighted by molar-refractivity contribution is 7.91. The van der Waals surface area contributed by atoms with Crippen molar-refractivity contribution in [3.8, 4) is 0 Å². The van der Waals surface area contributed by atoms with Gasteiger partial charge in [0.05, 0.1) is 4.90 Å². The lowest BCUT2D eigenvalue weighted by Gasteiger charge is -2.08. The Hall–Kier alpha value is -1.56. The first-order chi connectivity index (χ1) is 10.4. The molecular formula is C12H16N4O4S3. The third-order valence-electron chi connectivity index (χ3n) is 2.99. The first-order valence-corrected chi connectivity index (χ1v) is 10.2. The largest absolute Gasteiger partial charge is 0.285 e. The summed E-state index contributed by atoms with van der Waals surface area (Å²) in [6.45, 7) is 5.24. The molecule has 0 aliphatic carbocycles. The molecule has 2 aromatic rings. The van der Waals surface area contributed by atoms with E-state index in [0.29, 0.717) is 22.5 Å². The molecule has 0 aliphatic heterocycles. The maximum absolute atomic E-state index is 12.6. The van der Waals surface area contributed by atoms with E-state index < -0.39 is 24.4 Å². The zero-order valence-electron chi connectivity index (χ0n) is 12.9. The van der Waals surface area contributed by atoms with Gasteiger partial charge in [0.15, 0.2) is 0 Å². The van der Waals surface area contributed by atoms with Crippen molar-refractivity contribution in [3.05, 3.63) is 33.6 Å². The summed E-state index contributed by atoms with van der Waals surface area (Å²) in [6, 6.07) is 3.50. The van der Waals surface area contributed by atoms with Crippen LogP contribution in [-0.2, 0) is 27.1 Å². The quantitative estimate of drug-likeness (QED) is 0.827. The minimum absolute atomic E-state index is 0.0756. The van der Waals surface area contributed by atoms with E-state index >= 15 is 0 Å². The zero-order chi connectivity index (χ0) is 17.6. The van der Waals surface area contributed by atoms with Gasteiger partial charge in [-0.3, -0.25) is 0 Å². The summed E-state index contributed by atoms with van der Waals surface area (Å²) in [5, 5.41) is 8.68. The molecule has 0 fully saturated rings. The number of benzene rings is 1. The molecular weight excluding hydrogens is 360 g/mol. The fraction of sp³-hybridized carbons (Fsp3) is 0.333. The SMILES string of the molecule is Cc1cc(C)c(S(=O)(=O)/N=c2\sc(S(N)(=O)=O)nn2C)c(C)c1. The predicted octanol–water partition coefficient (Wildman–Crippen LogP) is 0.344. The number of primary sulfonamides is 1. The highest BCUT2D eigenvalue weighted by atomic mass is 32.2. The van der Waals surface area contributed by atoms with Gasteiger partial charge in [0.25, 0.3) is 20.0 Å². The van der Waals surface area contributed by atoms with Crippen LogP contribution in [0.1, 0.15) is 16.7 Å². The molecule has 0 saturated carbocycles. The average Bonchev–Trinajstić information content (AvgIpc) is 2.68. The fourth-order valence-corrected chi connectivity index (χ4v) is 5.45. The lowest BCUT2D eigenvalue weighted by Crippen LogP contribution is -2.16. The van der Waals surface area contributed by atoms with Crippen LogP contribution in [0.4, 0.5) is 0 Å². The highest BCUT2D eigenvalue weighted by Crippen LogP contribution is 2.23. The molecule has 0 radical (unpaired) electrons. The lowest BCUT2D eigenvalue weighted by molar-refractivity contribution is 0.589. The molecule has 1 aromatic heterocycles. The van der Waals surface area contributed by atoms with Gasteiger partial charge in [-0.25, -0.2) is 18.2 Å². The van der Waals surface area contributed by atoms with Crippen LogP contribution in [0.15, 0.2) is 25.8 Å². The van der Waals surface area contributed by atoms with E-state index in [9.17, 15) is 16.8 Å². The maximum atomic E-state index is 12.6. The van der Waals surface area contributed by atoms with Crippen LogP contribution in [0.3, 0.4) is 0 Å². The summed E-state index contributed by atoms with van der Waals surface area (Å²) in [5.74, 6) is 0. The fourth-order valence-electron chi connectivity index (χ4n) is 2.24. The van der Waals surface area contributed by atoms with Gasteiger partial charge < -0.3 is 0 Å². The molecule has 0 amide bonds. The van der Waals surface area contributed by atoms with E-state index in [4.69, 9.17) is 5.14 Å². The van der Waals surface area contributed by atoms with Crippen LogP contribution in [0.2, 0.25) is 0 Å². The normalized spacial score (nSPS) is 13.5. The van der Waals surface area contributed by atoms with E-state index in [0.717, 1.165) is 10.2 Å². The molecule has 0 aliphatic rings. The number of aryl methyl sites for hydroxylation is 4. The molecule has 8 nitrogen and oxygen atoms in total. The van der Waals surface area contributed by atoms with Crippen molar-refractivity contribution in [2.24, 2.45) is 16.6 Å². The molecule has 0 saturated heterocycles. The van der Waals surface area contributed by atoms with Gasteiger partial charge in [-0.2, -0.15) is 8.42 Å². The van der Waals surface area contributed by atoms with Crippen molar-refractivity contribution in [1.29, 1.82) is 0 Å². The third kappa shape index (κ3) is 3.68. The Kier molecular flexibility index (Phi) is 4.50. The molecule has 1 aromatic carbocycles. The first kappa shape index (κ1) is 17.8. The topological polar surface area (TPSA) is 124 Å². The van der Waals surface area contributed by atoms with Crippen molar-refractivity contribution in [2.75, 3.05) is 0 Å². The number of nitrogens with zero attached hydrogens (tertiary/aromatic N) is 3. The van der Waals surface area contributed by atoms with Gasteiger partial charge in [-0.05, 0) is 31.9 Å². The second-order valence-electron chi connectivity index (χ2n) is 5.11. The van der Waals surface area contributed by atoms with Crippen LogP contribution in [0, 0.1) is 20.8 Å². The average molecular weight is 376 g/mol. The Balaban J connectivity index is 2.71. The molecule has 11 heteroatoms. The van der Waals surface area contributed by atoms with Crippen LogP contribution in [0.5, 0.6) is 0 Å². The van der Waals surface area contributed by atoms with E-state index in [-0.39, 0.29) is 9.70 Å². The van der Waals surface area contributed by atoms with Crippen LogP contribution in [0.25, 0.3) is 0 Å². The van der Waals surface area contributed by atoms with Gasteiger partial charge in [0, 0.05) is 7.05 Å². The summed E-state index contributed by atoms with van der Waals surface area (Å²) in [7, 11) is -6.62. The number of hydrogen-bond acceptors (Lipinski definition) is 6. The van der Waals surface area contributed by atoms with Crippen LogP contribution in [-0.4, -0.2) is 26.6 Å². The maximum Gasteiger partial charge on any atom is 0.285 e. The Morgan fingerprint density at radius 3 is 2.09 bits per heavy atom. The predicted molar refractivity (Wildman–Crippen MR) is 85.9 cm³/mol. The second kappa shape index (κ2) is 5.82. The molecule has 0 unspecified atom stereocenters. The number of sulfonamides is 2. The van der Waals surface area contributed by atoms with Gasteiger partial charge in [-0.1, -0.05) is 29.0 Å². The molecule has 126 valence electrons. The number of hydrogen-bond donors (Lipinski definition) is 1.